The van der Waals surface area contributed by atoms with E-state index < -0.39 is 10.8 Å². The lowest BCUT2D eigenvalue weighted by Crippen LogP contribution is -2.19. The van der Waals surface area contributed by atoms with Gasteiger partial charge in [0.2, 0.25) is 0 Å². The van der Waals surface area contributed by atoms with Gasteiger partial charge in [-0.1, -0.05) is 0 Å². The minimum atomic E-state index is -0.636. The summed E-state index contributed by atoms with van der Waals surface area (Å²) in [6.45, 7) is 0. The predicted octanol–water partition coefficient (Wildman–Crippen LogP) is 1.57. The first kappa shape index (κ1) is 17.4. The van der Waals surface area contributed by atoms with Crippen LogP contribution in [0.3, 0.4) is 0 Å². The fraction of sp³-hybridized carbons (Fsp3) is 0.154. The number of aromatic hydroxyl groups is 1. The molecule has 0 aliphatic carbocycles. The highest BCUT2D eigenvalue weighted by Crippen LogP contribution is 2.33. The van der Waals surface area contributed by atoms with Gasteiger partial charge in [0, 0.05) is 24.9 Å². The van der Waals surface area contributed by atoms with Crippen molar-refractivity contribution in [3.05, 3.63) is 44.2 Å². The van der Waals surface area contributed by atoms with Crippen molar-refractivity contribution in [2.75, 3.05) is 7.11 Å². The number of methoxy groups -OCH3 is 1. The molecule has 1 heterocycles. The number of nitrogens with one attached hydrogen (secondary N) is 1. The molecule has 0 saturated carbocycles. The Kier molecular flexibility index (Phi) is 5.14. The molecule has 10 nitrogen and oxygen atoms in total. The third kappa shape index (κ3) is 3.68. The quantitative estimate of drug-likeness (QED) is 0.447. The first-order valence-corrected chi connectivity index (χ1v) is 7.20. The van der Waals surface area contributed by atoms with Gasteiger partial charge in [0.1, 0.15) is 0 Å². The lowest BCUT2D eigenvalue weighted by atomic mass is 10.2. The first-order valence-electron chi connectivity index (χ1n) is 6.41. The number of non-ortho nitro benzene ring substituents is 1. The Morgan fingerprint density at radius 1 is 1.58 bits per heavy atom. The number of hydrazone groups is 1. The van der Waals surface area contributed by atoms with E-state index in [0.717, 1.165) is 18.3 Å². The second kappa shape index (κ2) is 7.08. The standard InChI is InChI=1S/C13H12BrN5O5/c1-18-6-9(14)11(17-18)13(21)16-15-5-7-3-8(19(22)23)4-10(24-2)12(7)20/h3-6,20H,1-2H3,(H,16,21)/b15-5-. The lowest BCUT2D eigenvalue weighted by molar-refractivity contribution is -0.385. The fourth-order valence-corrected chi connectivity index (χ4v) is 2.36. The minimum absolute atomic E-state index is 0.0152. The molecule has 24 heavy (non-hydrogen) atoms. The molecule has 0 spiro atoms. The van der Waals surface area contributed by atoms with Gasteiger partial charge in [-0.25, -0.2) is 5.43 Å². The molecule has 2 rings (SSSR count). The maximum absolute atomic E-state index is 11.9. The van der Waals surface area contributed by atoms with E-state index in [0.29, 0.717) is 4.47 Å². The van der Waals surface area contributed by atoms with Crippen molar-refractivity contribution in [3.8, 4) is 11.5 Å². The molecule has 0 aliphatic rings. The van der Waals surface area contributed by atoms with Crippen LogP contribution in [0, 0.1) is 10.1 Å². The molecule has 126 valence electrons. The van der Waals surface area contributed by atoms with E-state index >= 15 is 0 Å². The highest BCUT2D eigenvalue weighted by molar-refractivity contribution is 9.10. The number of amides is 1. The number of aromatic nitrogens is 2. The van der Waals surface area contributed by atoms with E-state index in [9.17, 15) is 20.0 Å². The number of phenolic OH excluding ortho intramolecular Hbond substituents is 1. The highest BCUT2D eigenvalue weighted by Gasteiger charge is 2.16. The van der Waals surface area contributed by atoms with E-state index in [2.05, 4.69) is 31.6 Å². The van der Waals surface area contributed by atoms with Gasteiger partial charge in [0.15, 0.2) is 17.2 Å². The second-order valence-corrected chi connectivity index (χ2v) is 5.40. The van der Waals surface area contributed by atoms with E-state index in [1.807, 2.05) is 0 Å². The summed E-state index contributed by atoms with van der Waals surface area (Å²) in [5, 5.41) is 28.4. The number of halogens is 1. The summed E-state index contributed by atoms with van der Waals surface area (Å²) < 4.78 is 6.80. The topological polar surface area (TPSA) is 132 Å². The largest absolute Gasteiger partial charge is 0.504 e. The summed E-state index contributed by atoms with van der Waals surface area (Å²) in [5.41, 5.74) is 2.07. The molecule has 0 unspecified atom stereocenters. The molecule has 0 fully saturated rings. The van der Waals surface area contributed by atoms with E-state index in [1.165, 1.54) is 11.8 Å². The van der Waals surface area contributed by atoms with Gasteiger partial charge in [-0.05, 0) is 15.9 Å². The number of nitrogens with zero attached hydrogens (tertiary/aromatic N) is 4. The Morgan fingerprint density at radius 3 is 2.83 bits per heavy atom. The van der Waals surface area contributed by atoms with Crippen molar-refractivity contribution in [3.63, 3.8) is 0 Å². The van der Waals surface area contributed by atoms with E-state index in [4.69, 9.17) is 4.74 Å². The zero-order chi connectivity index (χ0) is 17.9. The van der Waals surface area contributed by atoms with Crippen LogP contribution in [0.25, 0.3) is 0 Å². The molecule has 0 aliphatic heterocycles. The molecule has 2 N–H and O–H groups in total. The van der Waals surface area contributed by atoms with Crippen molar-refractivity contribution in [2.45, 2.75) is 0 Å². The monoisotopic (exact) mass is 397 g/mol. The number of hydrogen-bond donors (Lipinski definition) is 2. The van der Waals surface area contributed by atoms with E-state index in [1.54, 1.807) is 13.2 Å². The van der Waals surface area contributed by atoms with Crippen molar-refractivity contribution in [1.82, 2.24) is 15.2 Å². The number of carbonyl (C=O) groups is 1. The first-order chi connectivity index (χ1) is 11.3. The van der Waals surface area contributed by atoms with Gasteiger partial charge in [0.25, 0.3) is 11.6 Å². The van der Waals surface area contributed by atoms with Crippen LogP contribution in [0.4, 0.5) is 5.69 Å². The van der Waals surface area contributed by atoms with E-state index in [-0.39, 0.29) is 28.4 Å². The molecular weight excluding hydrogens is 386 g/mol. The molecule has 1 aromatic carbocycles. The molecule has 1 amide bonds. The molecule has 0 atom stereocenters. The van der Waals surface area contributed by atoms with Crippen LogP contribution in [-0.2, 0) is 7.05 Å². The Hall–Kier alpha value is -2.95. The molecule has 11 heteroatoms. The normalized spacial score (nSPS) is 10.8. The summed E-state index contributed by atoms with van der Waals surface area (Å²) in [4.78, 5) is 22.2. The zero-order valence-electron chi connectivity index (χ0n) is 12.6. The number of rotatable bonds is 5. The predicted molar refractivity (Wildman–Crippen MR) is 87.3 cm³/mol. The van der Waals surface area contributed by atoms with Gasteiger partial charge in [-0.2, -0.15) is 10.2 Å². The Balaban J connectivity index is 2.22. The maximum Gasteiger partial charge on any atom is 0.293 e. The minimum Gasteiger partial charge on any atom is -0.504 e. The molecule has 1 aromatic heterocycles. The van der Waals surface area contributed by atoms with Crippen LogP contribution in [0.1, 0.15) is 16.1 Å². The van der Waals surface area contributed by atoms with Gasteiger partial charge in [0.05, 0.1) is 28.8 Å². The second-order valence-electron chi connectivity index (χ2n) is 4.54. The lowest BCUT2D eigenvalue weighted by Gasteiger charge is -2.05. The maximum atomic E-state index is 11.9. The fourth-order valence-electron chi connectivity index (χ4n) is 1.80. The summed E-state index contributed by atoms with van der Waals surface area (Å²) in [5.74, 6) is -1.000. The molecule has 2 aromatic rings. The number of carbonyl (C=O) groups excluding carboxylic acids is 1. The van der Waals surface area contributed by atoms with Crippen molar-refractivity contribution in [2.24, 2.45) is 12.1 Å². The molecule has 0 bridgehead atoms. The van der Waals surface area contributed by atoms with Crippen LogP contribution in [0.5, 0.6) is 11.5 Å². The van der Waals surface area contributed by atoms with Crippen LogP contribution in [0.2, 0.25) is 0 Å². The number of hydrogen-bond acceptors (Lipinski definition) is 7. The highest BCUT2D eigenvalue weighted by atomic mass is 79.9. The SMILES string of the molecule is COc1cc([N+](=O)[O-])cc(/C=N\NC(=O)c2nn(C)cc2Br)c1O. The average molecular weight is 398 g/mol. The number of nitro groups is 1. The molecular formula is C13H12BrN5O5. The van der Waals surface area contributed by atoms with Gasteiger partial charge in [-0.15, -0.1) is 0 Å². The summed E-state index contributed by atoms with van der Waals surface area (Å²) in [6.07, 6.45) is 2.66. The Bertz CT molecular complexity index is 832. The van der Waals surface area contributed by atoms with Crippen molar-refractivity contribution < 1.29 is 19.6 Å². The number of aryl methyl sites for hydroxylation is 1. The summed E-state index contributed by atoms with van der Waals surface area (Å²) in [6, 6.07) is 2.18. The van der Waals surface area contributed by atoms with Gasteiger partial charge < -0.3 is 9.84 Å². The molecule has 0 radical (unpaired) electrons. The van der Waals surface area contributed by atoms with Crippen LogP contribution < -0.4 is 10.2 Å². The molecule has 0 saturated heterocycles. The third-order valence-electron chi connectivity index (χ3n) is 2.89. The zero-order valence-corrected chi connectivity index (χ0v) is 14.1. The summed E-state index contributed by atoms with van der Waals surface area (Å²) in [7, 11) is 2.91. The number of phenols is 1. The number of nitro benzene ring substituents is 1. The van der Waals surface area contributed by atoms with Gasteiger partial charge >= 0.3 is 0 Å². The van der Waals surface area contributed by atoms with Crippen LogP contribution in [0.15, 0.2) is 27.9 Å². The number of benzene rings is 1. The average Bonchev–Trinajstić information content (AvgIpc) is 2.87. The Labute approximate surface area is 144 Å². The van der Waals surface area contributed by atoms with Crippen molar-refractivity contribution >= 4 is 33.7 Å². The van der Waals surface area contributed by atoms with Crippen LogP contribution in [-0.4, -0.2) is 39.0 Å². The third-order valence-corrected chi connectivity index (χ3v) is 3.47. The van der Waals surface area contributed by atoms with Crippen molar-refractivity contribution in [1.29, 1.82) is 0 Å². The van der Waals surface area contributed by atoms with Gasteiger partial charge in [-0.3, -0.25) is 19.6 Å². The smallest absolute Gasteiger partial charge is 0.293 e. The number of ether oxygens (including phenoxy) is 1. The summed E-state index contributed by atoms with van der Waals surface area (Å²) >= 11 is 3.18. The van der Waals surface area contributed by atoms with Crippen LogP contribution >= 0.6 is 15.9 Å². The Morgan fingerprint density at radius 2 is 2.29 bits per heavy atom.